The van der Waals surface area contributed by atoms with Crippen molar-refractivity contribution in [2.75, 3.05) is 13.1 Å². The van der Waals surface area contributed by atoms with Gasteiger partial charge in [-0.2, -0.15) is 0 Å². The molecule has 0 aliphatic heterocycles. The molecule has 0 aliphatic carbocycles. The van der Waals surface area contributed by atoms with Crippen LogP contribution >= 0.6 is 15.9 Å². The third-order valence-electron chi connectivity index (χ3n) is 5.08. The zero-order valence-electron chi connectivity index (χ0n) is 17.6. The SMILES string of the molecule is CCNC(=O)N(CCc1nc2ccccc2c(=O)n1-c1ccc(Br)cc1)Cc1ccco1. The Kier molecular flexibility index (Phi) is 6.70. The average Bonchev–Trinajstić information content (AvgIpc) is 3.31. The Morgan fingerprint density at radius 1 is 1.12 bits per heavy atom. The average molecular weight is 495 g/mol. The lowest BCUT2D eigenvalue weighted by atomic mass is 10.2. The third kappa shape index (κ3) is 4.75. The molecule has 0 aliphatic rings. The molecule has 0 spiro atoms. The molecule has 2 aromatic heterocycles. The van der Waals surface area contributed by atoms with Crippen molar-refractivity contribution in [2.45, 2.75) is 19.9 Å². The fraction of sp³-hybridized carbons (Fsp3) is 0.208. The van der Waals surface area contributed by atoms with Gasteiger partial charge in [0, 0.05) is 24.0 Å². The molecule has 4 rings (SSSR count). The third-order valence-corrected chi connectivity index (χ3v) is 5.61. The highest BCUT2D eigenvalue weighted by Crippen LogP contribution is 2.17. The summed E-state index contributed by atoms with van der Waals surface area (Å²) in [6, 6.07) is 18.3. The second-order valence-corrected chi connectivity index (χ2v) is 8.16. The number of rotatable bonds is 7. The van der Waals surface area contributed by atoms with Crippen molar-refractivity contribution in [2.24, 2.45) is 0 Å². The number of fused-ring (bicyclic) bond motifs is 1. The van der Waals surface area contributed by atoms with E-state index < -0.39 is 0 Å². The van der Waals surface area contributed by atoms with Crippen LogP contribution in [0, 0.1) is 0 Å². The Bertz CT molecular complexity index is 1270. The van der Waals surface area contributed by atoms with Gasteiger partial charge in [-0.05, 0) is 55.5 Å². The molecule has 2 heterocycles. The van der Waals surface area contributed by atoms with Gasteiger partial charge in [0.05, 0.1) is 29.4 Å². The number of furan rings is 1. The van der Waals surface area contributed by atoms with Gasteiger partial charge in [-0.15, -0.1) is 0 Å². The van der Waals surface area contributed by atoms with E-state index in [9.17, 15) is 9.59 Å². The number of urea groups is 1. The van der Waals surface area contributed by atoms with E-state index in [0.717, 1.165) is 10.2 Å². The van der Waals surface area contributed by atoms with Crippen LogP contribution in [0.4, 0.5) is 4.79 Å². The second-order valence-electron chi connectivity index (χ2n) is 7.25. The summed E-state index contributed by atoms with van der Waals surface area (Å²) in [6.07, 6.45) is 1.98. The van der Waals surface area contributed by atoms with Crippen molar-refractivity contribution in [3.63, 3.8) is 0 Å². The number of carbonyl (C=O) groups excluding carboxylic acids is 1. The molecule has 0 saturated heterocycles. The highest BCUT2D eigenvalue weighted by molar-refractivity contribution is 9.10. The predicted octanol–water partition coefficient (Wildman–Crippen LogP) is 4.52. The van der Waals surface area contributed by atoms with Crippen molar-refractivity contribution in [1.82, 2.24) is 19.8 Å². The van der Waals surface area contributed by atoms with Crippen molar-refractivity contribution >= 4 is 32.9 Å². The molecular formula is C24H23BrN4O3. The van der Waals surface area contributed by atoms with Gasteiger partial charge in [0.2, 0.25) is 0 Å². The van der Waals surface area contributed by atoms with Crippen molar-refractivity contribution < 1.29 is 9.21 Å². The van der Waals surface area contributed by atoms with Gasteiger partial charge >= 0.3 is 6.03 Å². The smallest absolute Gasteiger partial charge is 0.317 e. The molecule has 0 atom stereocenters. The Labute approximate surface area is 193 Å². The van der Waals surface area contributed by atoms with Gasteiger partial charge in [0.25, 0.3) is 5.56 Å². The van der Waals surface area contributed by atoms with Gasteiger partial charge in [-0.25, -0.2) is 9.78 Å². The van der Waals surface area contributed by atoms with Crippen LogP contribution in [0.1, 0.15) is 18.5 Å². The summed E-state index contributed by atoms with van der Waals surface area (Å²) < 4.78 is 7.97. The molecule has 2 amide bonds. The summed E-state index contributed by atoms with van der Waals surface area (Å²) in [4.78, 5) is 32.5. The van der Waals surface area contributed by atoms with Crippen LogP contribution in [0.5, 0.6) is 0 Å². The monoisotopic (exact) mass is 494 g/mol. The number of hydrogen-bond donors (Lipinski definition) is 1. The zero-order chi connectivity index (χ0) is 22.5. The lowest BCUT2D eigenvalue weighted by Gasteiger charge is -2.22. The highest BCUT2D eigenvalue weighted by atomic mass is 79.9. The fourth-order valence-electron chi connectivity index (χ4n) is 3.54. The molecule has 7 nitrogen and oxygen atoms in total. The summed E-state index contributed by atoms with van der Waals surface area (Å²) >= 11 is 3.44. The van der Waals surface area contributed by atoms with E-state index in [2.05, 4.69) is 21.2 Å². The van der Waals surface area contributed by atoms with Crippen LogP contribution in [0.2, 0.25) is 0 Å². The Morgan fingerprint density at radius 2 is 1.91 bits per heavy atom. The molecule has 0 saturated carbocycles. The molecule has 1 N–H and O–H groups in total. The minimum atomic E-state index is -0.192. The quantitative estimate of drug-likeness (QED) is 0.409. The number of carbonyl (C=O) groups is 1. The number of halogens is 1. The first kappa shape index (κ1) is 21.8. The van der Waals surface area contributed by atoms with Crippen LogP contribution in [-0.4, -0.2) is 33.6 Å². The van der Waals surface area contributed by atoms with E-state index in [1.54, 1.807) is 27.9 Å². The number of para-hydroxylation sites is 1. The van der Waals surface area contributed by atoms with E-state index in [4.69, 9.17) is 9.40 Å². The highest BCUT2D eigenvalue weighted by Gasteiger charge is 2.18. The number of hydrogen-bond acceptors (Lipinski definition) is 4. The lowest BCUT2D eigenvalue weighted by Crippen LogP contribution is -2.41. The summed E-state index contributed by atoms with van der Waals surface area (Å²) in [5.41, 5.74) is 1.22. The molecule has 164 valence electrons. The minimum Gasteiger partial charge on any atom is -0.467 e. The Hall–Kier alpha value is -3.39. The fourth-order valence-corrected chi connectivity index (χ4v) is 3.81. The lowest BCUT2D eigenvalue weighted by molar-refractivity contribution is 0.191. The van der Waals surface area contributed by atoms with Crippen molar-refractivity contribution in [3.8, 4) is 5.69 Å². The molecular weight excluding hydrogens is 472 g/mol. The number of nitrogens with zero attached hydrogens (tertiary/aromatic N) is 3. The van der Waals surface area contributed by atoms with Crippen LogP contribution in [0.15, 0.2) is 80.6 Å². The standard InChI is InChI=1S/C24H23BrN4O3/c1-2-26-24(31)28(16-19-6-5-15-32-19)14-13-22-27-21-8-4-3-7-20(21)23(30)29(22)18-11-9-17(25)10-12-18/h3-12,15H,2,13-14,16H2,1H3,(H,26,31). The second kappa shape index (κ2) is 9.82. The molecule has 0 fully saturated rings. The molecule has 2 aromatic carbocycles. The normalized spacial score (nSPS) is 10.9. The number of amides is 2. The summed E-state index contributed by atoms with van der Waals surface area (Å²) in [5.74, 6) is 1.28. The van der Waals surface area contributed by atoms with Crippen LogP contribution in [-0.2, 0) is 13.0 Å². The van der Waals surface area contributed by atoms with E-state index in [-0.39, 0.29) is 11.6 Å². The number of benzene rings is 2. The Balaban J connectivity index is 1.71. The maximum atomic E-state index is 13.4. The van der Waals surface area contributed by atoms with Crippen molar-refractivity contribution in [3.05, 3.63) is 93.3 Å². The largest absolute Gasteiger partial charge is 0.467 e. The number of aromatic nitrogens is 2. The van der Waals surface area contributed by atoms with Crippen molar-refractivity contribution in [1.29, 1.82) is 0 Å². The maximum Gasteiger partial charge on any atom is 0.317 e. The van der Waals surface area contributed by atoms with E-state index in [0.29, 0.717) is 48.5 Å². The summed E-state index contributed by atoms with van der Waals surface area (Å²) in [7, 11) is 0. The first-order valence-electron chi connectivity index (χ1n) is 10.4. The first-order chi connectivity index (χ1) is 15.6. The molecule has 4 aromatic rings. The van der Waals surface area contributed by atoms with Gasteiger partial charge in [-0.3, -0.25) is 9.36 Å². The van der Waals surface area contributed by atoms with Crippen LogP contribution in [0.3, 0.4) is 0 Å². The van der Waals surface area contributed by atoms with Gasteiger partial charge < -0.3 is 14.6 Å². The van der Waals surface area contributed by atoms with Crippen LogP contribution in [0.25, 0.3) is 16.6 Å². The summed E-state index contributed by atoms with van der Waals surface area (Å²) in [6.45, 7) is 3.09. The van der Waals surface area contributed by atoms with Gasteiger partial charge in [0.1, 0.15) is 11.6 Å². The minimum absolute atomic E-state index is 0.136. The van der Waals surface area contributed by atoms with Crippen LogP contribution < -0.4 is 10.9 Å². The molecule has 8 heteroatoms. The summed E-state index contributed by atoms with van der Waals surface area (Å²) in [5, 5.41) is 3.39. The molecule has 0 radical (unpaired) electrons. The first-order valence-corrected chi connectivity index (χ1v) is 11.2. The van der Waals surface area contributed by atoms with E-state index in [1.165, 1.54) is 0 Å². The molecule has 0 bridgehead atoms. The van der Waals surface area contributed by atoms with E-state index >= 15 is 0 Å². The molecule has 0 unspecified atom stereocenters. The predicted molar refractivity (Wildman–Crippen MR) is 127 cm³/mol. The van der Waals surface area contributed by atoms with Gasteiger partial charge in [0.15, 0.2) is 0 Å². The zero-order valence-corrected chi connectivity index (χ0v) is 19.2. The van der Waals surface area contributed by atoms with E-state index in [1.807, 2.05) is 55.5 Å². The number of nitrogens with one attached hydrogen (secondary N) is 1. The maximum absolute atomic E-state index is 13.4. The topological polar surface area (TPSA) is 80.4 Å². The Morgan fingerprint density at radius 3 is 2.62 bits per heavy atom. The van der Waals surface area contributed by atoms with Gasteiger partial charge in [-0.1, -0.05) is 28.1 Å². The molecule has 32 heavy (non-hydrogen) atoms.